The zero-order chi connectivity index (χ0) is 13.0. The van der Waals surface area contributed by atoms with Gasteiger partial charge in [0.15, 0.2) is 5.78 Å². The van der Waals surface area contributed by atoms with Crippen LogP contribution in [0.15, 0.2) is 24.3 Å². The first kappa shape index (κ1) is 13.1. The predicted octanol–water partition coefficient (Wildman–Crippen LogP) is 4.24. The average Bonchev–Trinajstić information content (AvgIpc) is 2.88. The zero-order valence-electron chi connectivity index (χ0n) is 11.4. The fourth-order valence-electron chi connectivity index (χ4n) is 3.00. The van der Waals surface area contributed by atoms with Crippen molar-refractivity contribution in [3.63, 3.8) is 0 Å². The molecule has 0 amide bonds. The lowest BCUT2D eigenvalue weighted by Crippen LogP contribution is -2.20. The van der Waals surface area contributed by atoms with Crippen LogP contribution in [0.1, 0.15) is 55.8 Å². The number of carbonyl (C=O) groups excluding carboxylic acids is 1. The minimum Gasteiger partial charge on any atom is -0.497 e. The van der Waals surface area contributed by atoms with Crippen LogP contribution in [-0.4, -0.2) is 12.9 Å². The third kappa shape index (κ3) is 2.74. The van der Waals surface area contributed by atoms with Gasteiger partial charge in [-0.1, -0.05) is 26.2 Å². The quantitative estimate of drug-likeness (QED) is 0.726. The number of hydrogen-bond acceptors (Lipinski definition) is 2. The van der Waals surface area contributed by atoms with Crippen LogP contribution in [0.5, 0.6) is 5.75 Å². The van der Waals surface area contributed by atoms with Crippen molar-refractivity contribution in [1.82, 2.24) is 0 Å². The molecule has 2 heteroatoms. The van der Waals surface area contributed by atoms with E-state index < -0.39 is 0 Å². The molecule has 0 unspecified atom stereocenters. The highest BCUT2D eigenvalue weighted by Crippen LogP contribution is 2.44. The molecule has 0 aromatic heterocycles. The summed E-state index contributed by atoms with van der Waals surface area (Å²) in [5.74, 6) is 1.08. The minimum atomic E-state index is 0.275. The predicted molar refractivity (Wildman–Crippen MR) is 73.1 cm³/mol. The van der Waals surface area contributed by atoms with Gasteiger partial charge in [0.25, 0.3) is 0 Å². The second-order valence-corrected chi connectivity index (χ2v) is 5.39. The summed E-state index contributed by atoms with van der Waals surface area (Å²) in [6.45, 7) is 2.21. The molecule has 0 aliphatic heterocycles. The molecule has 1 saturated carbocycles. The molecule has 98 valence electrons. The standard InChI is InChI=1S/C16H22O2/c1-3-16(10-4-5-11-16)12-15(17)13-6-8-14(18-2)9-7-13/h6-9H,3-5,10-12H2,1-2H3. The first-order chi connectivity index (χ1) is 8.69. The molecule has 0 atom stereocenters. The van der Waals surface area contributed by atoms with E-state index >= 15 is 0 Å². The van der Waals surface area contributed by atoms with Gasteiger partial charge in [0.2, 0.25) is 0 Å². The highest BCUT2D eigenvalue weighted by Gasteiger charge is 2.34. The van der Waals surface area contributed by atoms with Crippen molar-refractivity contribution < 1.29 is 9.53 Å². The van der Waals surface area contributed by atoms with Crippen LogP contribution >= 0.6 is 0 Å². The molecule has 1 aliphatic carbocycles. The lowest BCUT2D eigenvalue weighted by Gasteiger charge is -2.26. The molecule has 1 aromatic carbocycles. The molecular formula is C16H22O2. The van der Waals surface area contributed by atoms with Gasteiger partial charge in [0, 0.05) is 12.0 Å². The van der Waals surface area contributed by atoms with E-state index in [1.165, 1.54) is 25.7 Å². The molecule has 0 N–H and O–H groups in total. The van der Waals surface area contributed by atoms with E-state index in [0.717, 1.165) is 17.7 Å². The van der Waals surface area contributed by atoms with Crippen LogP contribution in [-0.2, 0) is 0 Å². The maximum atomic E-state index is 12.3. The topological polar surface area (TPSA) is 26.3 Å². The first-order valence-corrected chi connectivity index (χ1v) is 6.86. The second-order valence-electron chi connectivity index (χ2n) is 5.39. The van der Waals surface area contributed by atoms with Crippen LogP contribution in [0.25, 0.3) is 0 Å². The molecule has 2 nitrogen and oxygen atoms in total. The van der Waals surface area contributed by atoms with Gasteiger partial charge >= 0.3 is 0 Å². The van der Waals surface area contributed by atoms with Gasteiger partial charge in [-0.05, 0) is 42.5 Å². The van der Waals surface area contributed by atoms with Crippen molar-refractivity contribution in [1.29, 1.82) is 0 Å². The van der Waals surface area contributed by atoms with Crippen molar-refractivity contribution in [2.45, 2.75) is 45.4 Å². The maximum Gasteiger partial charge on any atom is 0.163 e. The van der Waals surface area contributed by atoms with E-state index in [0.29, 0.717) is 6.42 Å². The molecule has 1 aromatic rings. The summed E-state index contributed by atoms with van der Waals surface area (Å²) in [6, 6.07) is 7.47. The third-order valence-electron chi connectivity index (χ3n) is 4.36. The summed E-state index contributed by atoms with van der Waals surface area (Å²) in [5.41, 5.74) is 1.09. The van der Waals surface area contributed by atoms with E-state index in [2.05, 4.69) is 6.92 Å². The average molecular weight is 246 g/mol. The van der Waals surface area contributed by atoms with E-state index in [1.807, 2.05) is 24.3 Å². The Kier molecular flexibility index (Phi) is 4.05. The van der Waals surface area contributed by atoms with Crippen LogP contribution in [0, 0.1) is 5.41 Å². The van der Waals surface area contributed by atoms with E-state index in [4.69, 9.17) is 4.74 Å². The van der Waals surface area contributed by atoms with Crippen LogP contribution < -0.4 is 4.74 Å². The molecule has 0 spiro atoms. The van der Waals surface area contributed by atoms with Crippen molar-refractivity contribution in [3.05, 3.63) is 29.8 Å². The van der Waals surface area contributed by atoms with E-state index in [9.17, 15) is 4.79 Å². The summed E-state index contributed by atoms with van der Waals surface area (Å²) in [4.78, 5) is 12.3. The molecule has 1 aliphatic rings. The van der Waals surface area contributed by atoms with Gasteiger partial charge in [-0.3, -0.25) is 4.79 Å². The molecule has 0 heterocycles. The molecule has 1 fully saturated rings. The van der Waals surface area contributed by atoms with Gasteiger partial charge in [-0.25, -0.2) is 0 Å². The van der Waals surface area contributed by atoms with Crippen molar-refractivity contribution in [3.8, 4) is 5.75 Å². The van der Waals surface area contributed by atoms with Crippen molar-refractivity contribution >= 4 is 5.78 Å². The Morgan fingerprint density at radius 1 is 1.22 bits per heavy atom. The SMILES string of the molecule is CCC1(CC(=O)c2ccc(OC)cc2)CCCC1. The second kappa shape index (κ2) is 5.55. The van der Waals surface area contributed by atoms with E-state index in [-0.39, 0.29) is 11.2 Å². The van der Waals surface area contributed by atoms with E-state index in [1.54, 1.807) is 7.11 Å². The Morgan fingerprint density at radius 3 is 2.33 bits per heavy atom. The van der Waals surface area contributed by atoms with Gasteiger partial charge in [-0.2, -0.15) is 0 Å². The van der Waals surface area contributed by atoms with Crippen molar-refractivity contribution in [2.75, 3.05) is 7.11 Å². The zero-order valence-corrected chi connectivity index (χ0v) is 11.4. The van der Waals surface area contributed by atoms with Crippen LogP contribution in [0.4, 0.5) is 0 Å². The lowest BCUT2D eigenvalue weighted by atomic mass is 9.78. The number of rotatable bonds is 5. The highest BCUT2D eigenvalue weighted by atomic mass is 16.5. The number of ether oxygens (including phenoxy) is 1. The Morgan fingerprint density at radius 2 is 1.83 bits per heavy atom. The summed E-state index contributed by atoms with van der Waals surface area (Å²) in [7, 11) is 1.64. The van der Waals surface area contributed by atoms with Gasteiger partial charge in [0.05, 0.1) is 7.11 Å². The summed E-state index contributed by atoms with van der Waals surface area (Å²) in [5, 5.41) is 0. The Hall–Kier alpha value is -1.31. The molecule has 0 radical (unpaired) electrons. The van der Waals surface area contributed by atoms with Crippen LogP contribution in [0.2, 0.25) is 0 Å². The Bertz CT molecular complexity index is 400. The first-order valence-electron chi connectivity index (χ1n) is 6.86. The monoisotopic (exact) mass is 246 g/mol. The largest absolute Gasteiger partial charge is 0.497 e. The molecular weight excluding hydrogens is 224 g/mol. The molecule has 18 heavy (non-hydrogen) atoms. The van der Waals surface area contributed by atoms with Gasteiger partial charge in [-0.15, -0.1) is 0 Å². The third-order valence-corrected chi connectivity index (χ3v) is 4.36. The number of hydrogen-bond donors (Lipinski definition) is 0. The van der Waals surface area contributed by atoms with Crippen molar-refractivity contribution in [2.24, 2.45) is 5.41 Å². The molecule has 0 bridgehead atoms. The number of methoxy groups -OCH3 is 1. The van der Waals surface area contributed by atoms with Crippen LogP contribution in [0.3, 0.4) is 0 Å². The summed E-state index contributed by atoms with van der Waals surface area (Å²) in [6.07, 6.45) is 6.81. The van der Waals surface area contributed by atoms with Gasteiger partial charge < -0.3 is 4.74 Å². The molecule has 0 saturated heterocycles. The lowest BCUT2D eigenvalue weighted by molar-refractivity contribution is 0.0907. The Labute approximate surface area is 109 Å². The number of Topliss-reactive ketones (excluding diaryl/α,β-unsaturated/α-hetero) is 1. The number of ketones is 1. The smallest absolute Gasteiger partial charge is 0.163 e. The summed E-state index contributed by atoms with van der Waals surface area (Å²) < 4.78 is 5.11. The highest BCUT2D eigenvalue weighted by molar-refractivity contribution is 5.96. The minimum absolute atomic E-state index is 0.275. The number of carbonyl (C=O) groups is 1. The molecule has 2 rings (SSSR count). The fourth-order valence-corrected chi connectivity index (χ4v) is 3.00. The Balaban J connectivity index is 2.06. The maximum absolute atomic E-state index is 12.3. The fraction of sp³-hybridized carbons (Fsp3) is 0.562. The normalized spacial score (nSPS) is 17.7. The summed E-state index contributed by atoms with van der Waals surface area (Å²) >= 11 is 0. The number of benzene rings is 1. The van der Waals surface area contributed by atoms with Gasteiger partial charge in [0.1, 0.15) is 5.75 Å².